The van der Waals surface area contributed by atoms with E-state index in [1.54, 1.807) is 42.9 Å². The molecule has 12 heteroatoms. The molecule has 0 saturated heterocycles. The number of nitro benzene ring substituents is 1. The molecule has 1 heterocycles. The summed E-state index contributed by atoms with van der Waals surface area (Å²) in [5, 5.41) is 25.8. The van der Waals surface area contributed by atoms with E-state index in [9.17, 15) is 19.7 Å². The zero-order valence-corrected chi connectivity index (χ0v) is 22.3. The van der Waals surface area contributed by atoms with E-state index in [0.29, 0.717) is 28.0 Å². The molecule has 2 N–H and O–H groups in total. The highest BCUT2D eigenvalue weighted by Gasteiger charge is 2.19. The number of ether oxygens (including phenoxy) is 1. The first-order chi connectivity index (χ1) is 18.7. The number of nitrogens with one attached hydrogen (secondary N) is 2. The number of hydrogen-bond donors (Lipinski definition) is 2. The van der Waals surface area contributed by atoms with Crippen molar-refractivity contribution in [1.29, 1.82) is 0 Å². The second-order valence-corrected chi connectivity index (χ2v) is 9.52. The molecule has 0 saturated carbocycles. The highest BCUT2D eigenvalue weighted by molar-refractivity contribution is 7.99. The first-order valence-electron chi connectivity index (χ1n) is 11.9. The van der Waals surface area contributed by atoms with Crippen LogP contribution < -0.4 is 15.4 Å². The number of thioether (sulfide) groups is 1. The molecule has 11 nitrogen and oxygen atoms in total. The number of methoxy groups -OCH3 is 1. The monoisotopic (exact) mass is 546 g/mol. The van der Waals surface area contributed by atoms with Gasteiger partial charge in [0.2, 0.25) is 5.91 Å². The molecule has 0 spiro atoms. The van der Waals surface area contributed by atoms with Crippen molar-refractivity contribution in [1.82, 2.24) is 20.1 Å². The maximum absolute atomic E-state index is 12.8. The molecule has 0 atom stereocenters. The van der Waals surface area contributed by atoms with Crippen molar-refractivity contribution in [2.24, 2.45) is 0 Å². The summed E-state index contributed by atoms with van der Waals surface area (Å²) in [6.45, 7) is 3.58. The van der Waals surface area contributed by atoms with E-state index in [1.807, 2.05) is 31.2 Å². The number of carbonyl (C=O) groups excluding carboxylic acids is 2. The Balaban J connectivity index is 1.50. The molecule has 0 bridgehead atoms. The van der Waals surface area contributed by atoms with E-state index in [2.05, 4.69) is 20.8 Å². The third-order valence-electron chi connectivity index (χ3n) is 5.74. The summed E-state index contributed by atoms with van der Waals surface area (Å²) in [4.78, 5) is 36.1. The average Bonchev–Trinajstić information content (AvgIpc) is 3.34. The molecule has 3 aromatic carbocycles. The predicted octanol–water partition coefficient (Wildman–Crippen LogP) is 4.46. The number of anilines is 1. The summed E-state index contributed by atoms with van der Waals surface area (Å²) in [5.74, 6) is 0.502. The van der Waals surface area contributed by atoms with E-state index in [4.69, 9.17) is 4.74 Å². The Bertz CT molecular complexity index is 1520. The van der Waals surface area contributed by atoms with Crippen LogP contribution in [0.5, 0.6) is 5.75 Å². The summed E-state index contributed by atoms with van der Waals surface area (Å²) in [5.41, 5.74) is 2.93. The van der Waals surface area contributed by atoms with Crippen molar-refractivity contribution < 1.29 is 19.2 Å². The highest BCUT2D eigenvalue weighted by Crippen LogP contribution is 2.24. The summed E-state index contributed by atoms with van der Waals surface area (Å²) in [6, 6.07) is 19.0. The Morgan fingerprint density at radius 1 is 1.05 bits per heavy atom. The Kier molecular flexibility index (Phi) is 8.56. The number of carbonyl (C=O) groups is 2. The van der Waals surface area contributed by atoms with Gasteiger partial charge in [0, 0.05) is 28.6 Å². The summed E-state index contributed by atoms with van der Waals surface area (Å²) < 4.78 is 6.91. The fourth-order valence-corrected chi connectivity index (χ4v) is 4.52. The van der Waals surface area contributed by atoms with Gasteiger partial charge in [0.05, 0.1) is 24.3 Å². The molecule has 0 radical (unpaired) electrons. The average molecular weight is 547 g/mol. The lowest BCUT2D eigenvalue weighted by Gasteiger charge is -2.12. The smallest absolute Gasteiger partial charge is 0.273 e. The Morgan fingerprint density at radius 2 is 1.82 bits per heavy atom. The van der Waals surface area contributed by atoms with Gasteiger partial charge in [-0.15, -0.1) is 10.2 Å². The molecule has 4 rings (SSSR count). The minimum absolute atomic E-state index is 0.0139. The van der Waals surface area contributed by atoms with Gasteiger partial charge in [-0.2, -0.15) is 0 Å². The van der Waals surface area contributed by atoms with Crippen LogP contribution in [0.1, 0.15) is 27.3 Å². The lowest BCUT2D eigenvalue weighted by Crippen LogP contribution is -2.25. The molecule has 0 unspecified atom stereocenters. The molecule has 0 aliphatic carbocycles. The summed E-state index contributed by atoms with van der Waals surface area (Å²) >= 11 is 1.21. The fourth-order valence-electron chi connectivity index (χ4n) is 3.74. The van der Waals surface area contributed by atoms with Gasteiger partial charge in [0.1, 0.15) is 5.75 Å². The standard InChI is InChI=1S/C27H26N6O5S/c1-17-5-4-6-21(13-17)32-24(15-28-26(35)19-8-7-18(2)23(14-19)33(36)37)30-31-27(32)39-16-25(34)29-20-9-11-22(38-3)12-10-20/h4-14H,15-16H2,1-3H3,(H,28,35)(H,29,34). The second-order valence-electron chi connectivity index (χ2n) is 8.58. The zero-order valence-electron chi connectivity index (χ0n) is 21.5. The normalized spacial score (nSPS) is 10.6. The van der Waals surface area contributed by atoms with Crippen LogP contribution in [0.25, 0.3) is 5.69 Å². The van der Waals surface area contributed by atoms with Crippen LogP contribution in [0, 0.1) is 24.0 Å². The molecule has 0 aliphatic heterocycles. The van der Waals surface area contributed by atoms with Crippen molar-refractivity contribution in [3.8, 4) is 11.4 Å². The van der Waals surface area contributed by atoms with Crippen molar-refractivity contribution in [2.75, 3.05) is 18.2 Å². The SMILES string of the molecule is COc1ccc(NC(=O)CSc2nnc(CNC(=O)c3ccc(C)c([N+](=O)[O-])c3)n2-c2cccc(C)c2)cc1. The van der Waals surface area contributed by atoms with Gasteiger partial charge in [-0.1, -0.05) is 30.0 Å². The minimum Gasteiger partial charge on any atom is -0.497 e. The number of aryl methyl sites for hydroxylation is 2. The summed E-state index contributed by atoms with van der Waals surface area (Å²) in [6.07, 6.45) is 0. The number of amides is 2. The molecular formula is C27H26N6O5S. The second kappa shape index (κ2) is 12.2. The highest BCUT2D eigenvalue weighted by atomic mass is 32.2. The van der Waals surface area contributed by atoms with E-state index in [1.165, 1.54) is 30.0 Å². The third kappa shape index (κ3) is 6.79. The molecule has 39 heavy (non-hydrogen) atoms. The third-order valence-corrected chi connectivity index (χ3v) is 6.67. The maximum Gasteiger partial charge on any atom is 0.273 e. The Morgan fingerprint density at radius 3 is 2.51 bits per heavy atom. The number of rotatable bonds is 10. The lowest BCUT2D eigenvalue weighted by atomic mass is 10.1. The Hall–Kier alpha value is -4.71. The van der Waals surface area contributed by atoms with Gasteiger partial charge < -0.3 is 15.4 Å². The quantitative estimate of drug-likeness (QED) is 0.169. The number of aromatic nitrogens is 3. The fraction of sp³-hybridized carbons (Fsp3) is 0.185. The molecule has 1 aromatic heterocycles. The van der Waals surface area contributed by atoms with Gasteiger partial charge in [0.25, 0.3) is 11.6 Å². The van der Waals surface area contributed by atoms with E-state index < -0.39 is 10.8 Å². The van der Waals surface area contributed by atoms with Gasteiger partial charge in [-0.3, -0.25) is 24.3 Å². The lowest BCUT2D eigenvalue weighted by molar-refractivity contribution is -0.385. The summed E-state index contributed by atoms with van der Waals surface area (Å²) in [7, 11) is 1.57. The van der Waals surface area contributed by atoms with Crippen molar-refractivity contribution in [3.63, 3.8) is 0 Å². The zero-order chi connectivity index (χ0) is 27.9. The largest absolute Gasteiger partial charge is 0.497 e. The van der Waals surface area contributed by atoms with Gasteiger partial charge >= 0.3 is 0 Å². The van der Waals surface area contributed by atoms with Crippen LogP contribution in [-0.2, 0) is 11.3 Å². The van der Waals surface area contributed by atoms with Crippen molar-refractivity contribution in [2.45, 2.75) is 25.5 Å². The van der Waals surface area contributed by atoms with E-state index in [0.717, 1.165) is 11.3 Å². The van der Waals surface area contributed by atoms with Gasteiger partial charge in [-0.25, -0.2) is 0 Å². The van der Waals surface area contributed by atoms with Crippen molar-refractivity contribution >= 4 is 35.0 Å². The van der Waals surface area contributed by atoms with Crippen LogP contribution in [0.2, 0.25) is 0 Å². The first-order valence-corrected chi connectivity index (χ1v) is 12.8. The van der Waals surface area contributed by atoms with Crippen LogP contribution in [-0.4, -0.2) is 44.4 Å². The number of hydrogen-bond acceptors (Lipinski definition) is 8. The molecule has 0 aliphatic rings. The molecule has 0 fully saturated rings. The van der Waals surface area contributed by atoms with Crippen LogP contribution in [0.3, 0.4) is 0 Å². The minimum atomic E-state index is -0.519. The van der Waals surface area contributed by atoms with Crippen LogP contribution in [0.15, 0.2) is 71.9 Å². The number of benzene rings is 3. The number of nitrogens with zero attached hydrogens (tertiary/aromatic N) is 4. The van der Waals surface area contributed by atoms with Crippen LogP contribution in [0.4, 0.5) is 11.4 Å². The maximum atomic E-state index is 12.8. The number of nitro groups is 1. The Labute approximate surface area is 228 Å². The molecule has 4 aromatic rings. The van der Waals surface area contributed by atoms with Crippen molar-refractivity contribution in [3.05, 3.63) is 99.4 Å². The predicted molar refractivity (Wildman–Crippen MR) is 147 cm³/mol. The topological polar surface area (TPSA) is 141 Å². The molecule has 2 amide bonds. The van der Waals surface area contributed by atoms with E-state index >= 15 is 0 Å². The first kappa shape index (κ1) is 27.3. The van der Waals surface area contributed by atoms with Crippen LogP contribution >= 0.6 is 11.8 Å². The van der Waals surface area contributed by atoms with Gasteiger partial charge in [-0.05, 0) is 61.9 Å². The van der Waals surface area contributed by atoms with E-state index in [-0.39, 0.29) is 29.5 Å². The molecule has 200 valence electrons. The molecular weight excluding hydrogens is 520 g/mol. The van der Waals surface area contributed by atoms with Gasteiger partial charge in [0.15, 0.2) is 11.0 Å².